The van der Waals surface area contributed by atoms with Gasteiger partial charge >= 0.3 is 0 Å². The van der Waals surface area contributed by atoms with Gasteiger partial charge in [0.1, 0.15) is 0 Å². The minimum atomic E-state index is -0.0478. The van der Waals surface area contributed by atoms with Crippen LogP contribution in [0.25, 0.3) is 32.9 Å². The Morgan fingerprint density at radius 3 is 2.04 bits per heavy atom. The largest absolute Gasteiger partial charge is 0.337 e. The van der Waals surface area contributed by atoms with Crippen LogP contribution >= 0.6 is 0 Å². The van der Waals surface area contributed by atoms with Gasteiger partial charge in [-0.25, -0.2) is 0 Å². The molecule has 0 amide bonds. The standard InChI is InChI=1S/C45H46N2/c1-45(2)40-22-12-9-20-36(40)37-27-25-33(29-41(37)45)46(42-23-13-10-19-35(42)31-15-5-3-6-16-31)34-26-28-39-38-21-11-14-24-43(38)47(44(39)30-34)32-17-7-4-8-18-32/h9-14,19-32H,3-8,15-18H2,1-2H3. The molecule has 1 aromatic heterocycles. The highest BCUT2D eigenvalue weighted by molar-refractivity contribution is 6.09. The van der Waals surface area contributed by atoms with E-state index in [1.807, 2.05) is 0 Å². The van der Waals surface area contributed by atoms with Crippen LogP contribution in [-0.4, -0.2) is 4.57 Å². The Labute approximate surface area is 280 Å². The number of nitrogens with zero attached hydrogens (tertiary/aromatic N) is 2. The maximum Gasteiger partial charge on any atom is 0.0515 e. The summed E-state index contributed by atoms with van der Waals surface area (Å²) in [6.07, 6.45) is 13.2. The monoisotopic (exact) mass is 614 g/mol. The molecule has 0 spiro atoms. The number of hydrogen-bond acceptors (Lipinski definition) is 1. The van der Waals surface area contributed by atoms with Gasteiger partial charge in [-0.2, -0.15) is 0 Å². The first kappa shape index (κ1) is 28.9. The van der Waals surface area contributed by atoms with E-state index in [-0.39, 0.29) is 5.41 Å². The number of para-hydroxylation sites is 2. The Morgan fingerprint density at radius 2 is 1.19 bits per heavy atom. The summed E-state index contributed by atoms with van der Waals surface area (Å²) in [5.41, 5.74) is 13.7. The molecule has 0 atom stereocenters. The number of benzene rings is 5. The van der Waals surface area contributed by atoms with E-state index in [0.717, 1.165) is 0 Å². The van der Waals surface area contributed by atoms with Crippen molar-refractivity contribution >= 4 is 38.9 Å². The van der Waals surface area contributed by atoms with Crippen molar-refractivity contribution in [2.75, 3.05) is 4.90 Å². The Balaban J connectivity index is 1.27. The fraction of sp³-hybridized carbons (Fsp3) is 0.333. The molecular weight excluding hydrogens is 569 g/mol. The summed E-state index contributed by atoms with van der Waals surface area (Å²) in [6.45, 7) is 4.80. The summed E-state index contributed by atoms with van der Waals surface area (Å²) >= 11 is 0. The van der Waals surface area contributed by atoms with Crippen LogP contribution < -0.4 is 4.90 Å². The molecule has 1 heterocycles. The van der Waals surface area contributed by atoms with Crippen molar-refractivity contribution < 1.29 is 0 Å². The molecule has 3 aliphatic carbocycles. The lowest BCUT2D eigenvalue weighted by atomic mass is 9.82. The molecular formula is C45H46N2. The van der Waals surface area contributed by atoms with E-state index in [4.69, 9.17) is 0 Å². The first-order chi connectivity index (χ1) is 23.1. The normalized spacial score (nSPS) is 18.0. The van der Waals surface area contributed by atoms with Gasteiger partial charge in [-0.3, -0.25) is 0 Å². The molecule has 2 saturated carbocycles. The Hall–Kier alpha value is -4.30. The van der Waals surface area contributed by atoms with E-state index in [1.165, 1.54) is 131 Å². The van der Waals surface area contributed by atoms with Gasteiger partial charge in [-0.15, -0.1) is 0 Å². The van der Waals surface area contributed by atoms with E-state index < -0.39 is 0 Å². The van der Waals surface area contributed by atoms with Crippen LogP contribution in [0.4, 0.5) is 17.1 Å². The van der Waals surface area contributed by atoms with Crippen molar-refractivity contribution in [3.8, 4) is 11.1 Å². The van der Waals surface area contributed by atoms with Crippen molar-refractivity contribution in [3.63, 3.8) is 0 Å². The van der Waals surface area contributed by atoms with Crippen LogP contribution in [0, 0.1) is 0 Å². The number of rotatable bonds is 5. The first-order valence-corrected chi connectivity index (χ1v) is 18.3. The van der Waals surface area contributed by atoms with Crippen LogP contribution in [-0.2, 0) is 5.41 Å². The SMILES string of the molecule is CC1(C)c2ccccc2-c2ccc(N(c3ccc4c5ccccc5n(C5CCCCC5)c4c3)c3ccccc3C3CCCCC3)cc21. The summed E-state index contributed by atoms with van der Waals surface area (Å²) in [4.78, 5) is 2.60. The third-order valence-corrected chi connectivity index (χ3v) is 11.9. The quantitative estimate of drug-likeness (QED) is 0.188. The van der Waals surface area contributed by atoms with Gasteiger partial charge in [0, 0.05) is 44.8 Å². The van der Waals surface area contributed by atoms with E-state index in [2.05, 4.69) is 133 Å². The van der Waals surface area contributed by atoms with E-state index in [1.54, 1.807) is 0 Å². The van der Waals surface area contributed by atoms with Gasteiger partial charge in [0.25, 0.3) is 0 Å². The molecule has 0 N–H and O–H groups in total. The van der Waals surface area contributed by atoms with Gasteiger partial charge in [0.2, 0.25) is 0 Å². The second-order valence-corrected chi connectivity index (χ2v) is 15.0. The smallest absolute Gasteiger partial charge is 0.0515 e. The molecule has 5 aromatic carbocycles. The second-order valence-electron chi connectivity index (χ2n) is 15.0. The van der Waals surface area contributed by atoms with Crippen molar-refractivity contribution in [1.82, 2.24) is 4.57 Å². The number of anilines is 3. The topological polar surface area (TPSA) is 8.17 Å². The van der Waals surface area contributed by atoms with Crippen molar-refractivity contribution in [2.24, 2.45) is 0 Å². The lowest BCUT2D eigenvalue weighted by Gasteiger charge is -2.33. The summed E-state index contributed by atoms with van der Waals surface area (Å²) in [5.74, 6) is 0.606. The third kappa shape index (κ3) is 4.66. The first-order valence-electron chi connectivity index (χ1n) is 18.3. The summed E-state index contributed by atoms with van der Waals surface area (Å²) in [5, 5.41) is 2.76. The maximum atomic E-state index is 2.71. The average molecular weight is 615 g/mol. The van der Waals surface area contributed by atoms with E-state index in [9.17, 15) is 0 Å². The molecule has 47 heavy (non-hydrogen) atoms. The predicted molar refractivity (Wildman–Crippen MR) is 200 cm³/mol. The number of aromatic nitrogens is 1. The molecule has 6 aromatic rings. The zero-order valence-corrected chi connectivity index (χ0v) is 28.0. The maximum absolute atomic E-state index is 2.71. The molecule has 2 heteroatoms. The molecule has 236 valence electrons. The molecule has 3 aliphatic rings. The van der Waals surface area contributed by atoms with Gasteiger partial charge in [-0.1, -0.05) is 125 Å². The lowest BCUT2D eigenvalue weighted by Crippen LogP contribution is -2.18. The van der Waals surface area contributed by atoms with E-state index in [0.29, 0.717) is 12.0 Å². The van der Waals surface area contributed by atoms with Crippen LogP contribution in [0.15, 0.2) is 109 Å². The summed E-state index contributed by atoms with van der Waals surface area (Å²) in [7, 11) is 0. The fourth-order valence-electron chi connectivity index (χ4n) is 9.57. The Morgan fingerprint density at radius 1 is 0.553 bits per heavy atom. The third-order valence-electron chi connectivity index (χ3n) is 11.9. The van der Waals surface area contributed by atoms with Crippen LogP contribution in [0.1, 0.15) is 107 Å². The molecule has 2 nitrogen and oxygen atoms in total. The average Bonchev–Trinajstić information content (AvgIpc) is 3.57. The minimum Gasteiger partial charge on any atom is -0.337 e. The number of fused-ring (bicyclic) bond motifs is 6. The molecule has 0 saturated heterocycles. The molecule has 2 fully saturated rings. The minimum absolute atomic E-state index is 0.0478. The zero-order chi connectivity index (χ0) is 31.5. The molecule has 0 bridgehead atoms. The highest BCUT2D eigenvalue weighted by atomic mass is 15.1. The second kappa shape index (κ2) is 11.4. The van der Waals surface area contributed by atoms with E-state index >= 15 is 0 Å². The summed E-state index contributed by atoms with van der Waals surface area (Å²) < 4.78 is 2.71. The zero-order valence-electron chi connectivity index (χ0n) is 28.0. The van der Waals surface area contributed by atoms with Gasteiger partial charge in [0.05, 0.1) is 5.52 Å². The van der Waals surface area contributed by atoms with Crippen LogP contribution in [0.5, 0.6) is 0 Å². The molecule has 0 unspecified atom stereocenters. The summed E-state index contributed by atoms with van der Waals surface area (Å²) in [6, 6.07) is 42.6. The molecule has 0 aliphatic heterocycles. The molecule has 0 radical (unpaired) electrons. The Bertz CT molecular complexity index is 2100. The highest BCUT2D eigenvalue weighted by Gasteiger charge is 2.36. The van der Waals surface area contributed by atoms with Gasteiger partial charge in [-0.05, 0) is 95.8 Å². The Kier molecular flexibility index (Phi) is 7.03. The van der Waals surface area contributed by atoms with Crippen molar-refractivity contribution in [3.05, 3.63) is 126 Å². The molecule has 9 rings (SSSR count). The fourth-order valence-corrected chi connectivity index (χ4v) is 9.57. The lowest BCUT2D eigenvalue weighted by molar-refractivity contribution is 0.367. The highest BCUT2D eigenvalue weighted by Crippen LogP contribution is 2.52. The van der Waals surface area contributed by atoms with Gasteiger partial charge in [0.15, 0.2) is 0 Å². The van der Waals surface area contributed by atoms with Crippen LogP contribution in [0.2, 0.25) is 0 Å². The van der Waals surface area contributed by atoms with Gasteiger partial charge < -0.3 is 9.47 Å². The van der Waals surface area contributed by atoms with Crippen molar-refractivity contribution in [2.45, 2.75) is 95.4 Å². The van der Waals surface area contributed by atoms with Crippen LogP contribution in [0.3, 0.4) is 0 Å². The number of hydrogen-bond donors (Lipinski definition) is 0. The van der Waals surface area contributed by atoms with Crippen molar-refractivity contribution in [1.29, 1.82) is 0 Å². The predicted octanol–water partition coefficient (Wildman–Crippen LogP) is 13.1.